The first-order valence-corrected chi connectivity index (χ1v) is 5.21. The van der Waals surface area contributed by atoms with E-state index in [0.717, 1.165) is 0 Å². The maximum absolute atomic E-state index is 8.56. The molecule has 0 unspecified atom stereocenters. The summed E-state index contributed by atoms with van der Waals surface area (Å²) in [5.74, 6) is 0. The molecule has 0 saturated carbocycles. The second-order valence-corrected chi connectivity index (χ2v) is 2.26. The third kappa shape index (κ3) is 36800. The van der Waals surface area contributed by atoms with Gasteiger partial charge in [0.25, 0.3) is 0 Å². The molecule has 0 aromatic rings. The van der Waals surface area contributed by atoms with Crippen molar-refractivity contribution in [3.05, 3.63) is 0 Å². The molecule has 0 heterocycles. The van der Waals surface area contributed by atoms with Crippen LogP contribution in [0.3, 0.4) is 0 Å². The minimum Gasteiger partial charge on any atom is -1.00 e. The molecule has 0 spiro atoms. The van der Waals surface area contributed by atoms with Gasteiger partial charge in [0.1, 0.15) is 0 Å². The predicted molar refractivity (Wildman–Crippen MR) is 88.6 cm³/mol. The molecule has 0 aromatic carbocycles. The van der Waals surface area contributed by atoms with Gasteiger partial charge in [0.2, 0.25) is 0 Å². The Hall–Kier alpha value is -0.931. The molecule has 35 heavy (non-hydrogen) atoms. The van der Waals surface area contributed by atoms with Crippen LogP contribution in [-0.4, -0.2) is 131 Å². The van der Waals surface area contributed by atoms with Crippen LogP contribution in [-0.2, 0) is 0 Å². The van der Waals surface area contributed by atoms with E-state index < -0.39 is 49.2 Å². The number of hydrogen-bond acceptors (Lipinski definition) is 8. The van der Waals surface area contributed by atoms with Crippen molar-refractivity contribution < 1.29 is 278 Å². The minimum atomic E-state index is -1.83. The Morgan fingerprint density at radius 3 is 0.229 bits per heavy atom. The van der Waals surface area contributed by atoms with Gasteiger partial charge in [0.15, 0.2) is 0 Å². The van der Waals surface area contributed by atoms with Crippen LogP contribution in [0, 0.1) is 0 Å². The molecule has 0 amide bonds. The second kappa shape index (κ2) is 63.9. The minimum absolute atomic E-state index is 0. The molecule has 27 heteroatoms. The Bertz CT molecular complexity index is 384. The first-order chi connectivity index (χ1) is 13.9. The summed E-state index contributed by atoms with van der Waals surface area (Å²) in [6.45, 7) is 0. The largest absolute Gasteiger partial charge is 1.00 e. The van der Waals surface area contributed by atoms with Gasteiger partial charge in [0.05, 0.1) is 0 Å². The molecule has 0 aliphatic carbocycles. The fourth-order valence-electron chi connectivity index (χ4n) is 0. The summed E-state index contributed by atoms with van der Waals surface area (Å²) < 4.78 is 0. The van der Waals surface area contributed by atoms with Gasteiger partial charge >= 0.3 is 203 Å². The van der Waals surface area contributed by atoms with Gasteiger partial charge < -0.3 is 86.0 Å². The van der Waals surface area contributed by atoms with Crippen molar-refractivity contribution in [2.45, 2.75) is 0 Å². The van der Waals surface area contributed by atoms with Crippen molar-refractivity contribution in [3.63, 3.8) is 0 Å². The van der Waals surface area contributed by atoms with E-state index in [9.17, 15) is 0 Å². The number of carboxylic acid groups (broad SMARTS) is 16. The molecule has 0 bridgehead atoms. The fourth-order valence-corrected chi connectivity index (χ4v) is 0. The first kappa shape index (κ1) is 70.0. The van der Waals surface area contributed by atoms with Gasteiger partial charge in [-0.2, -0.15) is 0 Å². The molecule has 0 rings (SSSR count). The zero-order valence-corrected chi connectivity index (χ0v) is 26.8. The molecule has 0 fully saturated rings. The van der Waals surface area contributed by atoms with Crippen LogP contribution in [0.1, 0.15) is 4.28 Å². The Morgan fingerprint density at radius 2 is 0.229 bits per heavy atom. The van der Waals surface area contributed by atoms with Gasteiger partial charge in [-0.3, -0.25) is 0 Å². The monoisotopic (exact) mass is 616 g/mol. The van der Waals surface area contributed by atoms with Crippen molar-refractivity contribution in [2.24, 2.45) is 0 Å². The van der Waals surface area contributed by atoms with Gasteiger partial charge in [-0.1, -0.05) is 0 Å². The molecular formula is C8H19K3O24. The summed E-state index contributed by atoms with van der Waals surface area (Å²) in [5, 5.41) is 112. The number of hydrogen-bond donors (Lipinski definition) is 16. The maximum atomic E-state index is 8.56. The summed E-state index contributed by atoms with van der Waals surface area (Å²) in [7, 11) is 0. The summed E-state index contributed by atoms with van der Waals surface area (Å²) in [6.07, 6.45) is -14.7. The van der Waals surface area contributed by atoms with E-state index in [1.54, 1.807) is 0 Å². The standard InChI is InChI=1S/8CH2O3.3K.3H/c8*2-1(3)4;;;;;;/h8*(H2,2,3,4);;;;;;/q;;;;;;;;3*+1;3*-1. The zero-order chi connectivity index (χ0) is 28.6. The van der Waals surface area contributed by atoms with Crippen LogP contribution in [0.25, 0.3) is 0 Å². The van der Waals surface area contributed by atoms with Crippen LogP contribution in [0.5, 0.6) is 0 Å². The predicted octanol–water partition coefficient (Wildman–Crippen LogP) is -6.87. The third-order valence-corrected chi connectivity index (χ3v) is 0. The summed E-state index contributed by atoms with van der Waals surface area (Å²) >= 11 is 0. The Morgan fingerprint density at radius 1 is 0.229 bits per heavy atom. The van der Waals surface area contributed by atoms with Gasteiger partial charge in [-0.05, 0) is 0 Å². The molecule has 0 saturated heterocycles. The molecule has 0 aliphatic rings. The Kier molecular flexibility index (Phi) is 128. The van der Waals surface area contributed by atoms with E-state index in [2.05, 4.69) is 0 Å². The summed E-state index contributed by atoms with van der Waals surface area (Å²) in [6, 6.07) is 0. The fraction of sp³-hybridized carbons (Fsp3) is 0. The van der Waals surface area contributed by atoms with Crippen molar-refractivity contribution in [1.82, 2.24) is 0 Å². The SMILES string of the molecule is O=C(O)O.O=C(O)O.O=C(O)O.O=C(O)O.O=C(O)O.O=C(O)O.O=C(O)O.O=C(O)O.[H-].[H-].[H-].[K+].[K+].[K+]. The average molecular weight is 617 g/mol. The average Bonchev–Trinajstić information content (AvgIpc) is 2.30. The Balaban J connectivity index is -0.0000000141. The number of carbonyl (C=O) groups is 8. The zero-order valence-electron chi connectivity index (χ0n) is 20.4. The van der Waals surface area contributed by atoms with Crippen molar-refractivity contribution in [3.8, 4) is 0 Å². The molecule has 0 atom stereocenters. The maximum Gasteiger partial charge on any atom is 1.00 e. The summed E-state index contributed by atoms with van der Waals surface area (Å²) in [4.78, 5) is 68.4. The van der Waals surface area contributed by atoms with Gasteiger partial charge in [-0.25, -0.2) is 38.4 Å². The molecular weight excluding hydrogens is 597 g/mol. The van der Waals surface area contributed by atoms with E-state index in [0.29, 0.717) is 0 Å². The van der Waals surface area contributed by atoms with Crippen LogP contribution in [0.4, 0.5) is 38.4 Å². The molecule has 0 radical (unpaired) electrons. The first-order valence-electron chi connectivity index (χ1n) is 5.21. The number of rotatable bonds is 0. The smallest absolute Gasteiger partial charge is 1.00 e. The summed E-state index contributed by atoms with van der Waals surface area (Å²) in [5.41, 5.74) is 0. The van der Waals surface area contributed by atoms with E-state index in [4.69, 9.17) is 120 Å². The van der Waals surface area contributed by atoms with Crippen LogP contribution < -0.4 is 154 Å². The molecule has 0 aromatic heterocycles. The van der Waals surface area contributed by atoms with E-state index in [1.807, 2.05) is 0 Å². The Labute approximate surface area is 322 Å². The topological polar surface area (TPSA) is 460 Å². The van der Waals surface area contributed by atoms with Gasteiger partial charge in [0, 0.05) is 0 Å². The van der Waals surface area contributed by atoms with E-state index >= 15 is 0 Å². The normalized spacial score (nSPS) is 5.49. The van der Waals surface area contributed by atoms with Crippen LogP contribution in [0.2, 0.25) is 0 Å². The second-order valence-electron chi connectivity index (χ2n) is 2.26. The van der Waals surface area contributed by atoms with Crippen LogP contribution in [0.15, 0.2) is 0 Å². The van der Waals surface area contributed by atoms with E-state index in [-0.39, 0.29) is 158 Å². The molecule has 198 valence electrons. The van der Waals surface area contributed by atoms with Crippen molar-refractivity contribution in [1.29, 1.82) is 0 Å². The van der Waals surface area contributed by atoms with Crippen molar-refractivity contribution in [2.75, 3.05) is 0 Å². The van der Waals surface area contributed by atoms with Crippen LogP contribution >= 0.6 is 0 Å². The molecule has 24 nitrogen and oxygen atoms in total. The van der Waals surface area contributed by atoms with E-state index in [1.165, 1.54) is 0 Å². The molecule has 0 aliphatic heterocycles. The van der Waals surface area contributed by atoms with Gasteiger partial charge in [-0.15, -0.1) is 0 Å². The van der Waals surface area contributed by atoms with Crippen molar-refractivity contribution >= 4 is 49.2 Å². The quantitative estimate of drug-likeness (QED) is 0.112. The third-order valence-electron chi connectivity index (χ3n) is 0. The molecule has 16 N–H and O–H groups in total.